The molecular formula is C6H11N3O2. The van der Waals surface area contributed by atoms with Crippen LogP contribution in [-0.4, -0.2) is 29.4 Å². The summed E-state index contributed by atoms with van der Waals surface area (Å²) in [7, 11) is 0. The van der Waals surface area contributed by atoms with Crippen molar-refractivity contribution in [3.8, 4) is 0 Å². The van der Waals surface area contributed by atoms with Gasteiger partial charge in [0.1, 0.15) is 0 Å². The van der Waals surface area contributed by atoms with E-state index in [1.807, 2.05) is 0 Å². The molecule has 5 heteroatoms. The second-order valence-electron chi connectivity index (χ2n) is 2.56. The van der Waals surface area contributed by atoms with E-state index < -0.39 is 0 Å². The van der Waals surface area contributed by atoms with E-state index in [4.69, 9.17) is 5.73 Å². The molecule has 1 saturated heterocycles. The lowest BCUT2D eigenvalue weighted by Crippen LogP contribution is -2.45. The van der Waals surface area contributed by atoms with Gasteiger partial charge in [-0.05, 0) is 6.92 Å². The van der Waals surface area contributed by atoms with Crippen LogP contribution in [0, 0.1) is 0 Å². The first-order valence-electron chi connectivity index (χ1n) is 3.46. The summed E-state index contributed by atoms with van der Waals surface area (Å²) in [5, 5.41) is 1.28. The molecule has 0 aliphatic carbocycles. The highest BCUT2D eigenvalue weighted by Crippen LogP contribution is 2.07. The average molecular weight is 157 g/mol. The lowest BCUT2D eigenvalue weighted by molar-refractivity contribution is -0.136. The molecule has 62 valence electrons. The van der Waals surface area contributed by atoms with Gasteiger partial charge in [0.15, 0.2) is 0 Å². The number of nitrogens with one attached hydrogen (secondary N) is 1. The molecule has 1 aliphatic rings. The van der Waals surface area contributed by atoms with Crippen molar-refractivity contribution in [1.29, 1.82) is 0 Å². The highest BCUT2D eigenvalue weighted by Gasteiger charge is 2.29. The van der Waals surface area contributed by atoms with Crippen molar-refractivity contribution in [2.45, 2.75) is 19.4 Å². The molecule has 0 saturated carbocycles. The predicted octanol–water partition coefficient (Wildman–Crippen LogP) is -1.40. The van der Waals surface area contributed by atoms with Gasteiger partial charge in [0.2, 0.25) is 5.91 Å². The lowest BCUT2D eigenvalue weighted by atomic mass is 10.2. The molecule has 1 atom stereocenters. The molecule has 1 aliphatic heterocycles. The number of carbonyl (C=O) groups is 2. The first-order valence-corrected chi connectivity index (χ1v) is 3.46. The van der Waals surface area contributed by atoms with Gasteiger partial charge in [-0.1, -0.05) is 0 Å². The Morgan fingerprint density at radius 3 is 2.91 bits per heavy atom. The van der Waals surface area contributed by atoms with Gasteiger partial charge in [-0.3, -0.25) is 15.0 Å². The second kappa shape index (κ2) is 2.87. The zero-order valence-corrected chi connectivity index (χ0v) is 6.33. The Kier molecular flexibility index (Phi) is 2.09. The molecule has 1 rings (SSSR count). The maximum absolute atomic E-state index is 11.0. The standard InChI is InChI=1S/C6H11N3O2/c1-4-2-5(10)8-9(4)6(11)3-7/h4H,2-3,7H2,1H3,(H,8,10). The molecule has 5 nitrogen and oxygen atoms in total. The number of rotatable bonds is 1. The maximum atomic E-state index is 11.0. The molecule has 1 fully saturated rings. The summed E-state index contributed by atoms with van der Waals surface area (Å²) in [6.07, 6.45) is 0.367. The first kappa shape index (κ1) is 8.00. The highest BCUT2D eigenvalue weighted by molar-refractivity contribution is 5.86. The van der Waals surface area contributed by atoms with Crippen LogP contribution in [0.2, 0.25) is 0 Å². The number of hydrogen-bond donors (Lipinski definition) is 2. The summed E-state index contributed by atoms with van der Waals surface area (Å²) in [6.45, 7) is 1.73. The topological polar surface area (TPSA) is 75.4 Å². The smallest absolute Gasteiger partial charge is 0.254 e. The van der Waals surface area contributed by atoms with Gasteiger partial charge in [-0.15, -0.1) is 0 Å². The van der Waals surface area contributed by atoms with Gasteiger partial charge in [0.25, 0.3) is 5.91 Å². The SMILES string of the molecule is CC1CC(=O)NN1C(=O)CN. The largest absolute Gasteiger partial charge is 0.322 e. The van der Waals surface area contributed by atoms with Gasteiger partial charge in [0, 0.05) is 0 Å². The van der Waals surface area contributed by atoms with Crippen molar-refractivity contribution in [2.75, 3.05) is 6.54 Å². The molecule has 0 bridgehead atoms. The number of carbonyl (C=O) groups excluding carboxylic acids is 2. The van der Waals surface area contributed by atoms with Gasteiger partial charge < -0.3 is 5.73 Å². The van der Waals surface area contributed by atoms with Gasteiger partial charge in [-0.2, -0.15) is 0 Å². The second-order valence-corrected chi connectivity index (χ2v) is 2.56. The van der Waals surface area contributed by atoms with Crippen molar-refractivity contribution < 1.29 is 9.59 Å². The molecule has 0 radical (unpaired) electrons. The van der Waals surface area contributed by atoms with Crippen LogP contribution in [0.5, 0.6) is 0 Å². The number of nitrogens with two attached hydrogens (primary N) is 1. The minimum atomic E-state index is -0.247. The molecule has 0 aromatic heterocycles. The molecule has 11 heavy (non-hydrogen) atoms. The number of nitrogens with zero attached hydrogens (tertiary/aromatic N) is 1. The third kappa shape index (κ3) is 1.48. The summed E-state index contributed by atoms with van der Waals surface area (Å²) in [5.74, 6) is -0.373. The zero-order valence-electron chi connectivity index (χ0n) is 6.33. The van der Waals surface area contributed by atoms with Crippen LogP contribution in [0.1, 0.15) is 13.3 Å². The first-order chi connectivity index (χ1) is 5.15. The number of hydrazine groups is 1. The van der Waals surface area contributed by atoms with Crippen LogP contribution in [-0.2, 0) is 9.59 Å². The third-order valence-electron chi connectivity index (χ3n) is 1.61. The molecule has 0 aromatic rings. The Labute approximate surface area is 64.5 Å². The predicted molar refractivity (Wildman–Crippen MR) is 38.1 cm³/mol. The van der Waals surface area contributed by atoms with Crippen LogP contribution in [0.4, 0.5) is 0 Å². The van der Waals surface area contributed by atoms with E-state index in [-0.39, 0.29) is 24.4 Å². The molecule has 0 spiro atoms. The van der Waals surface area contributed by atoms with Crippen LogP contribution in [0.15, 0.2) is 0 Å². The summed E-state index contributed by atoms with van der Waals surface area (Å²) in [5.41, 5.74) is 7.54. The van der Waals surface area contributed by atoms with E-state index >= 15 is 0 Å². The molecule has 1 unspecified atom stereocenters. The highest BCUT2D eigenvalue weighted by atomic mass is 16.2. The van der Waals surface area contributed by atoms with Crippen molar-refractivity contribution in [3.05, 3.63) is 0 Å². The minimum Gasteiger partial charge on any atom is -0.322 e. The Morgan fingerprint density at radius 2 is 2.55 bits per heavy atom. The molecule has 2 amide bonds. The van der Waals surface area contributed by atoms with E-state index in [2.05, 4.69) is 5.43 Å². The van der Waals surface area contributed by atoms with Crippen LogP contribution < -0.4 is 11.2 Å². The van der Waals surface area contributed by atoms with Crippen molar-refractivity contribution in [1.82, 2.24) is 10.4 Å². The van der Waals surface area contributed by atoms with E-state index in [1.165, 1.54) is 5.01 Å². The fourth-order valence-electron chi connectivity index (χ4n) is 1.06. The Hall–Kier alpha value is -1.10. The monoisotopic (exact) mass is 157 g/mol. The minimum absolute atomic E-state index is 0.0649. The van der Waals surface area contributed by atoms with Crippen molar-refractivity contribution >= 4 is 11.8 Å². The van der Waals surface area contributed by atoms with E-state index in [0.29, 0.717) is 6.42 Å². The van der Waals surface area contributed by atoms with Crippen molar-refractivity contribution in [2.24, 2.45) is 5.73 Å². The van der Waals surface area contributed by atoms with Crippen LogP contribution >= 0.6 is 0 Å². The fourth-order valence-corrected chi connectivity index (χ4v) is 1.06. The van der Waals surface area contributed by atoms with Crippen LogP contribution in [0.25, 0.3) is 0 Å². The van der Waals surface area contributed by atoms with E-state index in [1.54, 1.807) is 6.92 Å². The molecular weight excluding hydrogens is 146 g/mol. The summed E-state index contributed by atoms with van der Waals surface area (Å²) >= 11 is 0. The van der Waals surface area contributed by atoms with Gasteiger partial charge >= 0.3 is 0 Å². The van der Waals surface area contributed by atoms with E-state index in [0.717, 1.165) is 0 Å². The molecule has 1 heterocycles. The van der Waals surface area contributed by atoms with Crippen LogP contribution in [0.3, 0.4) is 0 Å². The Morgan fingerprint density at radius 1 is 1.91 bits per heavy atom. The molecule has 3 N–H and O–H groups in total. The Balaban J connectivity index is 2.59. The summed E-state index contributed by atoms with van der Waals surface area (Å²) in [4.78, 5) is 21.7. The molecule has 0 aromatic carbocycles. The van der Waals surface area contributed by atoms with Gasteiger partial charge in [-0.25, -0.2) is 5.01 Å². The fraction of sp³-hybridized carbons (Fsp3) is 0.667. The summed E-state index contributed by atoms with van der Waals surface area (Å²) in [6, 6.07) is -0.0708. The van der Waals surface area contributed by atoms with Gasteiger partial charge in [0.05, 0.1) is 19.0 Å². The number of hydrogen-bond acceptors (Lipinski definition) is 3. The number of amides is 2. The quantitative estimate of drug-likeness (QED) is 0.491. The van der Waals surface area contributed by atoms with E-state index in [9.17, 15) is 9.59 Å². The lowest BCUT2D eigenvalue weighted by Gasteiger charge is -2.18. The normalized spacial score (nSPS) is 23.6. The summed E-state index contributed by atoms with van der Waals surface area (Å²) < 4.78 is 0. The average Bonchev–Trinajstić information content (AvgIpc) is 2.28. The van der Waals surface area contributed by atoms with Crippen molar-refractivity contribution in [3.63, 3.8) is 0 Å². The maximum Gasteiger partial charge on any atom is 0.254 e. The third-order valence-corrected chi connectivity index (χ3v) is 1.61. The Bertz CT molecular complexity index is 192. The zero-order chi connectivity index (χ0) is 8.43.